The maximum Gasteiger partial charge on any atom is 0.0463 e. The van der Waals surface area contributed by atoms with Gasteiger partial charge in [-0.3, -0.25) is 0 Å². The van der Waals surface area contributed by atoms with E-state index in [4.69, 9.17) is 0 Å². The number of nitrogens with one attached hydrogen (secondary N) is 1. The van der Waals surface area contributed by atoms with Gasteiger partial charge in [0.15, 0.2) is 0 Å². The second kappa shape index (κ2) is 4.13. The van der Waals surface area contributed by atoms with Crippen molar-refractivity contribution in [3.63, 3.8) is 0 Å². The summed E-state index contributed by atoms with van der Waals surface area (Å²) in [5, 5.41) is 3.70. The van der Waals surface area contributed by atoms with Gasteiger partial charge >= 0.3 is 0 Å². The third-order valence-electron chi connectivity index (χ3n) is 5.13. The van der Waals surface area contributed by atoms with Crippen molar-refractivity contribution in [2.24, 2.45) is 5.92 Å². The van der Waals surface area contributed by atoms with Crippen LogP contribution in [0.5, 0.6) is 0 Å². The van der Waals surface area contributed by atoms with Crippen LogP contribution in [-0.4, -0.2) is 7.05 Å². The monoisotopic (exact) mass is 229 g/mol. The first kappa shape index (κ1) is 11.3. The summed E-state index contributed by atoms with van der Waals surface area (Å²) in [6.45, 7) is 2.40. The lowest BCUT2D eigenvalue weighted by Gasteiger charge is -2.50. The highest BCUT2D eigenvalue weighted by Crippen LogP contribution is 2.51. The van der Waals surface area contributed by atoms with Gasteiger partial charge in [0, 0.05) is 5.54 Å². The summed E-state index contributed by atoms with van der Waals surface area (Å²) >= 11 is 0. The van der Waals surface area contributed by atoms with Gasteiger partial charge in [0.05, 0.1) is 0 Å². The van der Waals surface area contributed by atoms with Crippen LogP contribution in [0.3, 0.4) is 0 Å². The quantitative estimate of drug-likeness (QED) is 0.772. The molecule has 1 aromatic rings. The normalized spacial score (nSPS) is 36.1. The number of benzene rings is 1. The van der Waals surface area contributed by atoms with E-state index in [0.717, 1.165) is 11.8 Å². The third-order valence-corrected chi connectivity index (χ3v) is 5.13. The predicted octanol–water partition coefficient (Wildman–Crippen LogP) is 3.80. The van der Waals surface area contributed by atoms with Crippen LogP contribution in [0.1, 0.15) is 56.1 Å². The summed E-state index contributed by atoms with van der Waals surface area (Å²) in [6.07, 6.45) is 6.87. The van der Waals surface area contributed by atoms with Crippen LogP contribution in [0.4, 0.5) is 0 Å². The fourth-order valence-electron chi connectivity index (χ4n) is 4.27. The van der Waals surface area contributed by atoms with E-state index in [1.807, 2.05) is 0 Å². The molecule has 3 rings (SSSR count). The van der Waals surface area contributed by atoms with Crippen molar-refractivity contribution in [1.82, 2.24) is 5.32 Å². The first-order valence-electron chi connectivity index (χ1n) is 7.06. The lowest BCUT2D eigenvalue weighted by Crippen LogP contribution is -2.51. The van der Waals surface area contributed by atoms with Gasteiger partial charge in [0.1, 0.15) is 0 Å². The molecule has 0 heterocycles. The second-order valence-corrected chi connectivity index (χ2v) is 5.89. The van der Waals surface area contributed by atoms with Crippen molar-refractivity contribution in [3.05, 3.63) is 35.4 Å². The van der Waals surface area contributed by atoms with Gasteiger partial charge in [-0.05, 0) is 49.3 Å². The fraction of sp³-hybridized carbons (Fsp3) is 0.625. The van der Waals surface area contributed by atoms with E-state index in [1.54, 1.807) is 11.1 Å². The average Bonchev–Trinajstić information content (AvgIpc) is 2.39. The van der Waals surface area contributed by atoms with Gasteiger partial charge in [0.2, 0.25) is 0 Å². The molecule has 92 valence electrons. The van der Waals surface area contributed by atoms with Crippen molar-refractivity contribution in [3.8, 4) is 0 Å². The fourth-order valence-corrected chi connectivity index (χ4v) is 4.27. The summed E-state index contributed by atoms with van der Waals surface area (Å²) in [4.78, 5) is 0. The molecule has 0 bridgehead atoms. The Labute approximate surface area is 105 Å². The van der Waals surface area contributed by atoms with Crippen LogP contribution in [-0.2, 0) is 5.54 Å². The SMILES string of the molecule is CN[C@@]12CCCC[C@@H]1CC(C)c1ccccc12. The average molecular weight is 229 g/mol. The van der Waals surface area contributed by atoms with E-state index in [0.29, 0.717) is 0 Å². The molecule has 0 spiro atoms. The molecule has 1 N–H and O–H groups in total. The molecule has 0 radical (unpaired) electrons. The molecule has 0 amide bonds. The standard InChI is InChI=1S/C16H23N/c1-12-11-13-7-5-6-10-16(13,17-2)15-9-4-3-8-14(12)15/h3-4,8-9,12-13,17H,5-7,10-11H2,1-2H3/t12?,13-,16+/m1/s1. The molecule has 17 heavy (non-hydrogen) atoms. The Morgan fingerprint density at radius 1 is 1.24 bits per heavy atom. The molecule has 1 unspecified atom stereocenters. The van der Waals surface area contributed by atoms with Gasteiger partial charge in [-0.2, -0.15) is 0 Å². The topological polar surface area (TPSA) is 12.0 Å². The molecule has 1 aromatic carbocycles. The lowest BCUT2D eigenvalue weighted by atomic mass is 9.60. The van der Waals surface area contributed by atoms with Crippen LogP contribution < -0.4 is 5.32 Å². The lowest BCUT2D eigenvalue weighted by molar-refractivity contribution is 0.120. The smallest absolute Gasteiger partial charge is 0.0463 e. The molecular formula is C16H23N. The van der Waals surface area contributed by atoms with Crippen LogP contribution in [0, 0.1) is 5.92 Å². The number of rotatable bonds is 1. The van der Waals surface area contributed by atoms with E-state index in [-0.39, 0.29) is 5.54 Å². The third kappa shape index (κ3) is 1.55. The minimum atomic E-state index is 0.279. The van der Waals surface area contributed by atoms with E-state index >= 15 is 0 Å². The van der Waals surface area contributed by atoms with Crippen molar-refractivity contribution < 1.29 is 0 Å². The van der Waals surface area contributed by atoms with Crippen LogP contribution >= 0.6 is 0 Å². The van der Waals surface area contributed by atoms with Crippen LogP contribution in [0.15, 0.2) is 24.3 Å². The highest BCUT2D eigenvalue weighted by molar-refractivity contribution is 5.40. The molecule has 2 aliphatic rings. The molecule has 0 aromatic heterocycles. The van der Waals surface area contributed by atoms with Crippen LogP contribution in [0.25, 0.3) is 0 Å². The van der Waals surface area contributed by atoms with Crippen molar-refractivity contribution in [2.45, 2.75) is 50.5 Å². The molecular weight excluding hydrogens is 206 g/mol. The predicted molar refractivity (Wildman–Crippen MR) is 72.2 cm³/mol. The molecule has 1 saturated carbocycles. The van der Waals surface area contributed by atoms with E-state index in [1.165, 1.54) is 32.1 Å². The van der Waals surface area contributed by atoms with Gasteiger partial charge in [0.25, 0.3) is 0 Å². The minimum Gasteiger partial charge on any atom is -0.310 e. The number of hydrogen-bond donors (Lipinski definition) is 1. The second-order valence-electron chi connectivity index (χ2n) is 5.89. The van der Waals surface area contributed by atoms with Gasteiger partial charge < -0.3 is 5.32 Å². The van der Waals surface area contributed by atoms with Crippen molar-refractivity contribution in [2.75, 3.05) is 7.05 Å². The largest absolute Gasteiger partial charge is 0.310 e. The Kier molecular flexibility index (Phi) is 2.74. The Morgan fingerprint density at radius 3 is 2.88 bits per heavy atom. The van der Waals surface area contributed by atoms with Gasteiger partial charge in [-0.1, -0.05) is 44.0 Å². The Bertz CT molecular complexity index is 412. The Morgan fingerprint density at radius 2 is 2.06 bits per heavy atom. The van der Waals surface area contributed by atoms with E-state index < -0.39 is 0 Å². The zero-order valence-corrected chi connectivity index (χ0v) is 11.0. The highest BCUT2D eigenvalue weighted by Gasteiger charge is 2.45. The first-order chi connectivity index (χ1) is 8.28. The summed E-state index contributed by atoms with van der Waals surface area (Å²) in [5.41, 5.74) is 3.45. The van der Waals surface area contributed by atoms with E-state index in [2.05, 4.69) is 43.6 Å². The molecule has 0 aliphatic heterocycles. The zero-order chi connectivity index (χ0) is 11.9. The zero-order valence-electron chi connectivity index (χ0n) is 11.0. The maximum atomic E-state index is 3.70. The summed E-state index contributed by atoms with van der Waals surface area (Å²) in [6, 6.07) is 9.10. The summed E-state index contributed by atoms with van der Waals surface area (Å²) in [7, 11) is 2.16. The molecule has 1 heteroatoms. The number of hydrogen-bond acceptors (Lipinski definition) is 1. The molecule has 1 nitrogen and oxygen atoms in total. The van der Waals surface area contributed by atoms with Gasteiger partial charge in [-0.15, -0.1) is 0 Å². The Hall–Kier alpha value is -0.820. The summed E-state index contributed by atoms with van der Waals surface area (Å²) in [5.74, 6) is 1.57. The van der Waals surface area contributed by atoms with Crippen molar-refractivity contribution in [1.29, 1.82) is 0 Å². The highest BCUT2D eigenvalue weighted by atomic mass is 15.0. The van der Waals surface area contributed by atoms with Crippen molar-refractivity contribution >= 4 is 0 Å². The molecule has 2 aliphatic carbocycles. The number of fused-ring (bicyclic) bond motifs is 3. The van der Waals surface area contributed by atoms with Gasteiger partial charge in [-0.25, -0.2) is 0 Å². The van der Waals surface area contributed by atoms with E-state index in [9.17, 15) is 0 Å². The summed E-state index contributed by atoms with van der Waals surface area (Å²) < 4.78 is 0. The first-order valence-corrected chi connectivity index (χ1v) is 7.06. The molecule has 0 saturated heterocycles. The Balaban J connectivity index is 2.14. The maximum absolute atomic E-state index is 3.70. The minimum absolute atomic E-state index is 0.279. The molecule has 1 fully saturated rings. The van der Waals surface area contributed by atoms with Crippen LogP contribution in [0.2, 0.25) is 0 Å². The molecule has 3 atom stereocenters.